The SMILES string of the molecule is Cc1ccc(N)c(C(O)C(O)C(=O)O)n1. The van der Waals surface area contributed by atoms with E-state index in [1.165, 1.54) is 6.07 Å². The number of rotatable bonds is 3. The van der Waals surface area contributed by atoms with Gasteiger partial charge < -0.3 is 21.1 Å². The number of hydrogen-bond donors (Lipinski definition) is 4. The summed E-state index contributed by atoms with van der Waals surface area (Å²) in [6.45, 7) is 1.67. The molecule has 0 fully saturated rings. The highest BCUT2D eigenvalue weighted by Gasteiger charge is 2.27. The molecular formula is C9H12N2O4. The normalized spacial score (nSPS) is 14.6. The summed E-state index contributed by atoms with van der Waals surface area (Å²) in [5.74, 6) is -1.52. The Kier molecular flexibility index (Phi) is 3.23. The number of aromatic nitrogens is 1. The molecule has 0 saturated carbocycles. The Balaban J connectivity index is 3.04. The van der Waals surface area contributed by atoms with Crippen molar-refractivity contribution in [3.63, 3.8) is 0 Å². The third kappa shape index (κ3) is 2.42. The summed E-state index contributed by atoms with van der Waals surface area (Å²) in [6, 6.07) is 3.12. The van der Waals surface area contributed by atoms with Crippen LogP contribution in [-0.4, -0.2) is 32.4 Å². The van der Waals surface area contributed by atoms with Crippen LogP contribution >= 0.6 is 0 Å². The number of aliphatic hydroxyl groups excluding tert-OH is 2. The van der Waals surface area contributed by atoms with Gasteiger partial charge in [0.25, 0.3) is 0 Å². The maximum Gasteiger partial charge on any atom is 0.335 e. The Morgan fingerprint density at radius 1 is 1.47 bits per heavy atom. The maximum atomic E-state index is 10.4. The van der Waals surface area contributed by atoms with Crippen molar-refractivity contribution in [2.75, 3.05) is 5.73 Å². The molecule has 1 aromatic rings. The fourth-order valence-electron chi connectivity index (χ4n) is 1.11. The van der Waals surface area contributed by atoms with E-state index in [9.17, 15) is 9.90 Å². The number of aliphatic hydroxyl groups is 2. The molecule has 0 aliphatic rings. The number of nitrogen functional groups attached to an aromatic ring is 1. The smallest absolute Gasteiger partial charge is 0.335 e. The van der Waals surface area contributed by atoms with Crippen molar-refractivity contribution < 1.29 is 20.1 Å². The van der Waals surface area contributed by atoms with Gasteiger partial charge >= 0.3 is 5.97 Å². The molecule has 5 N–H and O–H groups in total. The number of carbonyl (C=O) groups is 1. The van der Waals surface area contributed by atoms with Gasteiger partial charge in [0.2, 0.25) is 0 Å². The molecule has 0 radical (unpaired) electrons. The Bertz CT molecular complexity index is 380. The lowest BCUT2D eigenvalue weighted by Gasteiger charge is -2.15. The molecule has 6 heteroatoms. The second kappa shape index (κ2) is 4.24. The molecule has 0 aliphatic carbocycles. The van der Waals surface area contributed by atoms with E-state index in [1.54, 1.807) is 13.0 Å². The summed E-state index contributed by atoms with van der Waals surface area (Å²) in [4.78, 5) is 14.3. The van der Waals surface area contributed by atoms with Crippen molar-refractivity contribution in [3.8, 4) is 0 Å². The summed E-state index contributed by atoms with van der Waals surface area (Å²) >= 11 is 0. The first-order valence-corrected chi connectivity index (χ1v) is 4.25. The summed E-state index contributed by atoms with van der Waals surface area (Å²) in [5.41, 5.74) is 6.20. The number of pyridine rings is 1. The second-order valence-electron chi connectivity index (χ2n) is 3.16. The molecule has 0 bridgehead atoms. The predicted octanol–water partition coefficient (Wildman–Crippen LogP) is -0.549. The van der Waals surface area contributed by atoms with E-state index < -0.39 is 18.2 Å². The molecule has 6 nitrogen and oxygen atoms in total. The van der Waals surface area contributed by atoms with Crippen molar-refractivity contribution in [1.82, 2.24) is 4.98 Å². The van der Waals surface area contributed by atoms with Gasteiger partial charge in [0.05, 0.1) is 11.4 Å². The number of carboxylic acid groups (broad SMARTS) is 1. The molecule has 0 aliphatic heterocycles. The van der Waals surface area contributed by atoms with E-state index >= 15 is 0 Å². The minimum Gasteiger partial charge on any atom is -0.479 e. The Labute approximate surface area is 86.0 Å². The summed E-state index contributed by atoms with van der Waals surface area (Å²) in [7, 11) is 0. The molecule has 2 atom stereocenters. The zero-order valence-corrected chi connectivity index (χ0v) is 8.08. The highest BCUT2D eigenvalue weighted by Crippen LogP contribution is 2.21. The third-order valence-corrected chi connectivity index (χ3v) is 1.93. The molecule has 0 amide bonds. The summed E-state index contributed by atoms with van der Waals surface area (Å²) < 4.78 is 0. The van der Waals surface area contributed by atoms with Crippen LogP contribution < -0.4 is 5.73 Å². The van der Waals surface area contributed by atoms with E-state index in [2.05, 4.69) is 4.98 Å². The van der Waals surface area contributed by atoms with E-state index in [0.29, 0.717) is 5.69 Å². The molecule has 1 heterocycles. The number of aliphatic carboxylic acids is 1. The van der Waals surface area contributed by atoms with Crippen molar-refractivity contribution in [2.24, 2.45) is 0 Å². The zero-order valence-electron chi connectivity index (χ0n) is 8.08. The molecule has 15 heavy (non-hydrogen) atoms. The second-order valence-corrected chi connectivity index (χ2v) is 3.16. The number of nitrogens with two attached hydrogens (primary N) is 1. The van der Waals surface area contributed by atoms with Gasteiger partial charge in [0.1, 0.15) is 6.10 Å². The molecule has 1 aromatic heterocycles. The third-order valence-electron chi connectivity index (χ3n) is 1.93. The largest absolute Gasteiger partial charge is 0.479 e. The lowest BCUT2D eigenvalue weighted by atomic mass is 10.1. The Hall–Kier alpha value is -1.66. The van der Waals surface area contributed by atoms with Crippen LogP contribution in [0.4, 0.5) is 5.69 Å². The van der Waals surface area contributed by atoms with Crippen LogP contribution in [0.15, 0.2) is 12.1 Å². The van der Waals surface area contributed by atoms with Gasteiger partial charge in [0, 0.05) is 5.69 Å². The van der Waals surface area contributed by atoms with Gasteiger partial charge in [-0.25, -0.2) is 4.79 Å². The molecule has 0 spiro atoms. The fourth-order valence-corrected chi connectivity index (χ4v) is 1.11. The van der Waals surface area contributed by atoms with Crippen molar-refractivity contribution in [3.05, 3.63) is 23.5 Å². The van der Waals surface area contributed by atoms with Gasteiger partial charge in [-0.2, -0.15) is 0 Å². The Morgan fingerprint density at radius 3 is 2.60 bits per heavy atom. The number of carboxylic acids is 1. The lowest BCUT2D eigenvalue weighted by Crippen LogP contribution is -2.28. The molecular weight excluding hydrogens is 200 g/mol. The van der Waals surface area contributed by atoms with Gasteiger partial charge in [-0.3, -0.25) is 4.98 Å². The van der Waals surface area contributed by atoms with Crippen molar-refractivity contribution in [2.45, 2.75) is 19.1 Å². The van der Waals surface area contributed by atoms with E-state index in [1.807, 2.05) is 0 Å². The summed E-state index contributed by atoms with van der Waals surface area (Å²) in [6.07, 6.45) is -3.55. The Morgan fingerprint density at radius 2 is 2.07 bits per heavy atom. The molecule has 0 aromatic carbocycles. The van der Waals surface area contributed by atoms with Gasteiger partial charge in [-0.1, -0.05) is 0 Å². The zero-order chi connectivity index (χ0) is 11.6. The van der Waals surface area contributed by atoms with Gasteiger partial charge in [-0.15, -0.1) is 0 Å². The first kappa shape index (κ1) is 11.4. The van der Waals surface area contributed by atoms with Crippen LogP contribution in [0.3, 0.4) is 0 Å². The monoisotopic (exact) mass is 212 g/mol. The summed E-state index contributed by atoms with van der Waals surface area (Å²) in [5, 5.41) is 27.1. The number of nitrogens with zero attached hydrogens (tertiary/aromatic N) is 1. The predicted molar refractivity (Wildman–Crippen MR) is 52.0 cm³/mol. The molecule has 82 valence electrons. The maximum absolute atomic E-state index is 10.4. The van der Waals surface area contributed by atoms with E-state index in [-0.39, 0.29) is 11.4 Å². The minimum atomic E-state index is -1.93. The number of aryl methyl sites for hydroxylation is 1. The van der Waals surface area contributed by atoms with Gasteiger partial charge in [0.15, 0.2) is 6.10 Å². The van der Waals surface area contributed by atoms with Crippen LogP contribution in [0.25, 0.3) is 0 Å². The highest BCUT2D eigenvalue weighted by molar-refractivity contribution is 5.73. The number of anilines is 1. The average molecular weight is 212 g/mol. The fraction of sp³-hybridized carbons (Fsp3) is 0.333. The minimum absolute atomic E-state index is 0.0232. The van der Waals surface area contributed by atoms with Crippen LogP contribution in [-0.2, 0) is 4.79 Å². The van der Waals surface area contributed by atoms with E-state index in [0.717, 1.165) is 0 Å². The van der Waals surface area contributed by atoms with Crippen LogP contribution in [0.5, 0.6) is 0 Å². The average Bonchev–Trinajstić information content (AvgIpc) is 2.19. The molecule has 0 saturated heterocycles. The molecule has 1 rings (SSSR count). The molecule has 2 unspecified atom stereocenters. The first-order chi connectivity index (χ1) is 6.93. The van der Waals surface area contributed by atoms with Crippen LogP contribution in [0, 0.1) is 6.92 Å². The van der Waals surface area contributed by atoms with Crippen molar-refractivity contribution in [1.29, 1.82) is 0 Å². The van der Waals surface area contributed by atoms with E-state index in [4.69, 9.17) is 15.9 Å². The standard InChI is InChI=1S/C9H12N2O4/c1-4-2-3-5(10)6(11-4)7(12)8(13)9(14)15/h2-3,7-8,12-13H,10H2,1H3,(H,14,15). The quantitative estimate of drug-likeness (QED) is 0.534. The van der Waals surface area contributed by atoms with Gasteiger partial charge in [-0.05, 0) is 19.1 Å². The number of hydrogen-bond acceptors (Lipinski definition) is 5. The van der Waals surface area contributed by atoms with Crippen molar-refractivity contribution >= 4 is 11.7 Å². The van der Waals surface area contributed by atoms with Crippen LogP contribution in [0.1, 0.15) is 17.5 Å². The highest BCUT2D eigenvalue weighted by atomic mass is 16.4. The van der Waals surface area contributed by atoms with Crippen LogP contribution in [0.2, 0.25) is 0 Å². The lowest BCUT2D eigenvalue weighted by molar-refractivity contribution is -0.153. The first-order valence-electron chi connectivity index (χ1n) is 4.25. The topological polar surface area (TPSA) is 117 Å².